The molecular formula is C48H48F2N10O7S. The number of benzene rings is 4. The van der Waals surface area contributed by atoms with E-state index in [1.165, 1.54) is 29.1 Å². The number of fused-ring (bicyclic) bond motifs is 2. The van der Waals surface area contributed by atoms with Gasteiger partial charge >= 0.3 is 10.2 Å². The van der Waals surface area contributed by atoms with Gasteiger partial charge in [0, 0.05) is 88.8 Å². The van der Waals surface area contributed by atoms with E-state index in [4.69, 9.17) is 4.74 Å². The van der Waals surface area contributed by atoms with Gasteiger partial charge in [-0.1, -0.05) is 6.07 Å². The molecule has 0 aliphatic carbocycles. The van der Waals surface area contributed by atoms with E-state index in [0.717, 1.165) is 92.0 Å². The lowest BCUT2D eigenvalue weighted by Gasteiger charge is -2.40. The number of imide groups is 1. The van der Waals surface area contributed by atoms with E-state index in [-0.39, 0.29) is 54.6 Å². The van der Waals surface area contributed by atoms with Crippen molar-refractivity contribution in [1.29, 1.82) is 5.26 Å². The Morgan fingerprint density at radius 3 is 2.37 bits per heavy atom. The van der Waals surface area contributed by atoms with Crippen LogP contribution in [0.5, 0.6) is 11.5 Å². The number of alkyl halides is 1. The minimum absolute atomic E-state index is 0.0148. The predicted molar refractivity (Wildman–Crippen MR) is 248 cm³/mol. The molecule has 17 nitrogen and oxygen atoms in total. The lowest BCUT2D eigenvalue weighted by molar-refractivity contribution is -0.136. The number of carbonyl (C=O) groups is 3. The highest BCUT2D eigenvalue weighted by molar-refractivity contribution is 7.90. The summed E-state index contributed by atoms with van der Waals surface area (Å²) in [5, 5.41) is 12.5. The highest BCUT2D eigenvalue weighted by Gasteiger charge is 2.39. The van der Waals surface area contributed by atoms with E-state index in [9.17, 15) is 37.2 Å². The molecule has 5 aromatic rings. The number of ether oxygens (including phenoxy) is 1. The van der Waals surface area contributed by atoms with Crippen LogP contribution in [0.1, 0.15) is 53.6 Å². The minimum Gasteiger partial charge on any atom is -0.453 e. The van der Waals surface area contributed by atoms with Gasteiger partial charge in [-0.25, -0.2) is 13.8 Å². The van der Waals surface area contributed by atoms with Gasteiger partial charge in [0.2, 0.25) is 11.8 Å². The molecule has 0 spiro atoms. The third-order valence-electron chi connectivity index (χ3n) is 13.7. The molecule has 5 aliphatic rings. The zero-order valence-corrected chi connectivity index (χ0v) is 37.8. The van der Waals surface area contributed by atoms with Crippen molar-refractivity contribution in [3.8, 4) is 23.3 Å². The molecule has 0 unspecified atom stereocenters. The molecule has 68 heavy (non-hydrogen) atoms. The monoisotopic (exact) mass is 946 g/mol. The zero-order valence-electron chi connectivity index (χ0n) is 36.9. The second-order valence-corrected chi connectivity index (χ2v) is 19.6. The fraction of sp³-hybridized carbons (Fsp3) is 0.375. The topological polar surface area (TPSA) is 194 Å². The predicted octanol–water partition coefficient (Wildman–Crippen LogP) is 4.69. The molecule has 4 aromatic carbocycles. The summed E-state index contributed by atoms with van der Waals surface area (Å²) in [5.41, 5.74) is 3.43. The number of nitrogens with one attached hydrogen (secondary N) is 2. The van der Waals surface area contributed by atoms with Gasteiger partial charge in [0.1, 0.15) is 35.9 Å². The fourth-order valence-corrected chi connectivity index (χ4v) is 11.2. The molecule has 10 rings (SSSR count). The van der Waals surface area contributed by atoms with E-state index in [0.29, 0.717) is 35.7 Å². The molecular weight excluding hydrogens is 899 g/mol. The quantitative estimate of drug-likeness (QED) is 0.174. The third-order valence-corrected chi connectivity index (χ3v) is 15.2. The van der Waals surface area contributed by atoms with Gasteiger partial charge in [-0.3, -0.25) is 38.7 Å². The van der Waals surface area contributed by atoms with Crippen molar-refractivity contribution < 1.29 is 36.3 Å². The number of nitriles is 1. The van der Waals surface area contributed by atoms with Crippen LogP contribution in [0.25, 0.3) is 16.6 Å². The summed E-state index contributed by atoms with van der Waals surface area (Å²) in [5.74, 6) is -1.80. The molecule has 4 saturated heterocycles. The van der Waals surface area contributed by atoms with Crippen LogP contribution in [0.15, 0.2) is 83.9 Å². The van der Waals surface area contributed by atoms with E-state index in [1.807, 2.05) is 42.5 Å². The van der Waals surface area contributed by atoms with Gasteiger partial charge in [-0.15, -0.1) is 0 Å². The van der Waals surface area contributed by atoms with Crippen LogP contribution in [0.2, 0.25) is 0 Å². The largest absolute Gasteiger partial charge is 0.453 e. The average Bonchev–Trinajstić information content (AvgIpc) is 3.93. The Morgan fingerprint density at radius 1 is 0.853 bits per heavy atom. The molecule has 0 radical (unpaired) electrons. The molecule has 6 heterocycles. The lowest BCUT2D eigenvalue weighted by atomic mass is 9.95. The Hall–Kier alpha value is -6.95. The van der Waals surface area contributed by atoms with Gasteiger partial charge in [0.05, 0.1) is 22.3 Å². The van der Waals surface area contributed by atoms with Crippen LogP contribution in [0.4, 0.5) is 25.8 Å². The second kappa shape index (κ2) is 18.3. The van der Waals surface area contributed by atoms with E-state index in [2.05, 4.69) is 35.8 Å². The number of piperidine rings is 2. The fourth-order valence-electron chi connectivity index (χ4n) is 9.95. The summed E-state index contributed by atoms with van der Waals surface area (Å²) < 4.78 is 65.3. The first-order valence-corrected chi connectivity index (χ1v) is 24.2. The number of hydrogen-bond donors (Lipinski definition) is 2. The molecule has 2 N–H and O–H groups in total. The Bertz CT molecular complexity index is 3060. The molecule has 1 aromatic heterocycles. The summed E-state index contributed by atoms with van der Waals surface area (Å²) in [6.07, 6.45) is 2.82. The number of amides is 3. The first kappa shape index (κ1) is 44.9. The smallest absolute Gasteiger partial charge is 0.301 e. The number of hydrogen-bond acceptors (Lipinski definition) is 12. The first-order valence-electron chi connectivity index (χ1n) is 22.8. The van der Waals surface area contributed by atoms with Gasteiger partial charge in [0.25, 0.3) is 11.5 Å². The molecule has 0 bridgehead atoms. The van der Waals surface area contributed by atoms with E-state index in [1.54, 1.807) is 4.90 Å². The molecule has 5 aliphatic heterocycles. The summed E-state index contributed by atoms with van der Waals surface area (Å²) >= 11 is 0. The average molecular weight is 947 g/mol. The maximum atomic E-state index is 15.2. The molecule has 0 saturated carbocycles. The second-order valence-electron chi connectivity index (χ2n) is 17.9. The number of anilines is 3. The Labute approximate surface area is 390 Å². The maximum absolute atomic E-state index is 15.2. The van der Waals surface area contributed by atoms with Crippen molar-refractivity contribution in [2.75, 3.05) is 73.4 Å². The van der Waals surface area contributed by atoms with E-state index >= 15 is 4.39 Å². The molecule has 4 fully saturated rings. The van der Waals surface area contributed by atoms with Crippen LogP contribution in [-0.2, 0) is 26.3 Å². The molecule has 2 atom stereocenters. The summed E-state index contributed by atoms with van der Waals surface area (Å²) in [7, 11) is -4.25. The number of nitrogens with zero attached hydrogens (tertiary/aromatic N) is 8. The SMILES string of the molecule is N#Cc1c(NS(=O)(=O)N2CC[C@@H](F)C2)ccc(F)c1Oc1ccc2ncn(-c3cccc(N4CCN(CC5CCN(c6ccc7c(c6)CN([C@H]6CCC(=O)NC6=O)C7=O)CC5)CC4)c3)c(=O)c2c1. The molecule has 352 valence electrons. The number of piperazine rings is 1. The highest BCUT2D eigenvalue weighted by Crippen LogP contribution is 2.36. The normalized spacial score (nSPS) is 20.7. The number of halogens is 2. The van der Waals surface area contributed by atoms with E-state index < -0.39 is 51.0 Å². The zero-order chi connectivity index (χ0) is 47.3. The van der Waals surface area contributed by atoms with Gasteiger partial charge in [-0.2, -0.15) is 18.0 Å². The van der Waals surface area contributed by atoms with Crippen molar-refractivity contribution >= 4 is 55.9 Å². The van der Waals surface area contributed by atoms with Crippen molar-refractivity contribution in [2.24, 2.45) is 5.92 Å². The Morgan fingerprint density at radius 2 is 1.62 bits per heavy atom. The van der Waals surface area contributed by atoms with Crippen LogP contribution in [0, 0.1) is 23.1 Å². The van der Waals surface area contributed by atoms with Crippen molar-refractivity contribution in [3.05, 3.63) is 112 Å². The summed E-state index contributed by atoms with van der Waals surface area (Å²) in [6, 6.07) is 21.2. The molecule has 20 heteroatoms. The number of carbonyl (C=O) groups excluding carboxylic acids is 3. The number of rotatable bonds is 11. The van der Waals surface area contributed by atoms with Crippen LogP contribution < -0.4 is 30.1 Å². The van der Waals surface area contributed by atoms with Crippen molar-refractivity contribution in [3.63, 3.8) is 0 Å². The van der Waals surface area contributed by atoms with Crippen molar-refractivity contribution in [2.45, 2.75) is 50.9 Å². The Balaban J connectivity index is 0.753. The first-order chi connectivity index (χ1) is 32.8. The Kier molecular flexibility index (Phi) is 12.1. The van der Waals surface area contributed by atoms with Gasteiger partial charge in [0.15, 0.2) is 11.6 Å². The number of aromatic nitrogens is 2. The van der Waals surface area contributed by atoms with Gasteiger partial charge in [-0.05, 0) is 104 Å². The lowest BCUT2D eigenvalue weighted by Crippen LogP contribution is -2.52. The van der Waals surface area contributed by atoms with Gasteiger partial charge < -0.3 is 19.4 Å². The summed E-state index contributed by atoms with van der Waals surface area (Å²) in [4.78, 5) is 64.6. The van der Waals surface area contributed by atoms with Crippen LogP contribution in [0.3, 0.4) is 0 Å². The standard InChI is InChI=1S/C48H48F2N10O7S/c49-32-14-17-58(28-32)68(65,66)54-42-9-7-40(50)45(39(42)25-51)67-36-5-8-41-38(24-36)48(64)60(29-52-41)35-3-1-2-33(23-35)57-20-18-55(19-21-57)26-30-12-15-56(16-13-30)34-4-6-37-31(22-34)27-59(47(37)63)43-10-11-44(61)53-46(43)62/h1-9,22-24,29-30,32,43,54H,10-21,26-28H2,(H,53,61,62)/t32-,43+/m1/s1. The summed E-state index contributed by atoms with van der Waals surface area (Å²) in [6.45, 7) is 6.17. The van der Waals surface area contributed by atoms with Crippen molar-refractivity contribution in [1.82, 2.24) is 29.0 Å². The van der Waals surface area contributed by atoms with Crippen LogP contribution >= 0.6 is 0 Å². The van der Waals surface area contributed by atoms with Crippen LogP contribution in [-0.4, -0.2) is 121 Å². The molecule has 3 amide bonds. The minimum atomic E-state index is -4.25. The third kappa shape index (κ3) is 8.84. The highest BCUT2D eigenvalue weighted by atomic mass is 32.2. The maximum Gasteiger partial charge on any atom is 0.301 e.